The number of rotatable bonds is 7. The molecule has 1 aromatic rings. The van der Waals surface area contributed by atoms with Crippen molar-refractivity contribution in [2.45, 2.75) is 30.7 Å². The third-order valence-corrected chi connectivity index (χ3v) is 4.16. The van der Waals surface area contributed by atoms with Gasteiger partial charge in [-0.1, -0.05) is 25.5 Å². The highest BCUT2D eigenvalue weighted by Gasteiger charge is 2.26. The van der Waals surface area contributed by atoms with Gasteiger partial charge in [-0.15, -0.1) is 0 Å². The van der Waals surface area contributed by atoms with Crippen molar-refractivity contribution in [3.63, 3.8) is 0 Å². The van der Waals surface area contributed by atoms with Crippen molar-refractivity contribution in [2.24, 2.45) is 5.73 Å². The van der Waals surface area contributed by atoms with Crippen LogP contribution in [0.4, 0.5) is 5.69 Å². The van der Waals surface area contributed by atoms with Crippen LogP contribution in [0.25, 0.3) is 0 Å². The standard InChI is InChI=1S/C11H17N3O4S/c1-2-5-9(8-12)13-19(17,18)11-7-4-3-6-10(11)14(15)16/h3-4,6-7,9,13H,2,5,8,12H2,1H3. The molecule has 0 bridgehead atoms. The number of hydrogen-bond donors (Lipinski definition) is 2. The zero-order valence-electron chi connectivity index (χ0n) is 10.6. The molecule has 0 heterocycles. The van der Waals surface area contributed by atoms with E-state index in [1.165, 1.54) is 18.2 Å². The fourth-order valence-electron chi connectivity index (χ4n) is 1.69. The summed E-state index contributed by atoms with van der Waals surface area (Å²) >= 11 is 0. The van der Waals surface area contributed by atoms with Gasteiger partial charge in [-0.05, 0) is 12.5 Å². The topological polar surface area (TPSA) is 115 Å². The van der Waals surface area contributed by atoms with Gasteiger partial charge in [0.05, 0.1) is 4.92 Å². The van der Waals surface area contributed by atoms with Crippen molar-refractivity contribution in [3.05, 3.63) is 34.4 Å². The Kier molecular flexibility index (Phi) is 5.40. The highest BCUT2D eigenvalue weighted by atomic mass is 32.2. The van der Waals surface area contributed by atoms with Gasteiger partial charge < -0.3 is 5.73 Å². The van der Waals surface area contributed by atoms with Gasteiger partial charge >= 0.3 is 0 Å². The molecule has 7 nitrogen and oxygen atoms in total. The van der Waals surface area contributed by atoms with Gasteiger partial charge in [-0.3, -0.25) is 10.1 Å². The maximum absolute atomic E-state index is 12.1. The lowest BCUT2D eigenvalue weighted by Gasteiger charge is -2.15. The van der Waals surface area contributed by atoms with Gasteiger partial charge in [0.2, 0.25) is 10.0 Å². The van der Waals surface area contributed by atoms with Gasteiger partial charge in [-0.25, -0.2) is 13.1 Å². The van der Waals surface area contributed by atoms with Gasteiger partial charge in [0.15, 0.2) is 4.90 Å². The van der Waals surface area contributed by atoms with Crippen LogP contribution in [0.5, 0.6) is 0 Å². The minimum atomic E-state index is -3.94. The second-order valence-corrected chi connectivity index (χ2v) is 5.75. The van der Waals surface area contributed by atoms with E-state index in [2.05, 4.69) is 4.72 Å². The molecule has 1 unspecified atom stereocenters. The Bertz CT molecular complexity index is 545. The van der Waals surface area contributed by atoms with Gasteiger partial charge in [0, 0.05) is 18.7 Å². The first-order valence-electron chi connectivity index (χ1n) is 5.88. The molecule has 0 aromatic heterocycles. The molecule has 0 aliphatic rings. The highest BCUT2D eigenvalue weighted by Crippen LogP contribution is 2.23. The normalized spacial score (nSPS) is 13.2. The fourth-order valence-corrected chi connectivity index (χ4v) is 3.15. The average molecular weight is 287 g/mol. The molecule has 0 amide bonds. The molecule has 3 N–H and O–H groups in total. The summed E-state index contributed by atoms with van der Waals surface area (Å²) in [6.07, 6.45) is 1.34. The summed E-state index contributed by atoms with van der Waals surface area (Å²) in [6.45, 7) is 2.05. The van der Waals surface area contributed by atoms with Crippen LogP contribution in [-0.2, 0) is 10.0 Å². The van der Waals surface area contributed by atoms with E-state index in [0.717, 1.165) is 12.5 Å². The molecule has 1 rings (SSSR count). The molecule has 0 radical (unpaired) electrons. The van der Waals surface area contributed by atoms with Crippen molar-refractivity contribution in [1.29, 1.82) is 0 Å². The number of nitrogens with zero attached hydrogens (tertiary/aromatic N) is 1. The van der Waals surface area contributed by atoms with Crippen LogP contribution in [0.2, 0.25) is 0 Å². The van der Waals surface area contributed by atoms with E-state index >= 15 is 0 Å². The smallest absolute Gasteiger partial charge is 0.289 e. The van der Waals surface area contributed by atoms with Crippen LogP contribution >= 0.6 is 0 Å². The monoisotopic (exact) mass is 287 g/mol. The van der Waals surface area contributed by atoms with Crippen LogP contribution < -0.4 is 10.5 Å². The molecule has 0 saturated heterocycles. The van der Waals surface area contributed by atoms with E-state index in [1.807, 2.05) is 6.92 Å². The van der Waals surface area contributed by atoms with Crippen LogP contribution in [0.3, 0.4) is 0 Å². The van der Waals surface area contributed by atoms with Crippen LogP contribution in [0.15, 0.2) is 29.2 Å². The zero-order valence-corrected chi connectivity index (χ0v) is 11.4. The largest absolute Gasteiger partial charge is 0.329 e. The minimum Gasteiger partial charge on any atom is -0.329 e. The number of nitro benzene ring substituents is 1. The maximum Gasteiger partial charge on any atom is 0.289 e. The Hall–Kier alpha value is -1.51. The Morgan fingerprint density at radius 3 is 2.58 bits per heavy atom. The summed E-state index contributed by atoms with van der Waals surface area (Å²) in [7, 11) is -3.94. The third kappa shape index (κ3) is 3.98. The SMILES string of the molecule is CCCC(CN)NS(=O)(=O)c1ccccc1[N+](=O)[O-]. The predicted molar refractivity (Wildman–Crippen MR) is 71.2 cm³/mol. The summed E-state index contributed by atoms with van der Waals surface area (Å²) in [5, 5.41) is 10.8. The molecular weight excluding hydrogens is 270 g/mol. The first-order valence-corrected chi connectivity index (χ1v) is 7.36. The zero-order chi connectivity index (χ0) is 14.5. The molecule has 19 heavy (non-hydrogen) atoms. The number of nitrogens with one attached hydrogen (secondary N) is 1. The molecule has 1 atom stereocenters. The van der Waals surface area contributed by atoms with Gasteiger partial charge in [0.25, 0.3) is 5.69 Å². The Balaban J connectivity index is 3.10. The maximum atomic E-state index is 12.1. The predicted octanol–water partition coefficient (Wildman–Crippen LogP) is 1.00. The number of sulfonamides is 1. The molecule has 106 valence electrons. The van der Waals surface area contributed by atoms with Crippen LogP contribution in [-0.4, -0.2) is 25.9 Å². The molecule has 1 aromatic carbocycles. The molecule has 0 aliphatic carbocycles. The van der Waals surface area contributed by atoms with E-state index in [1.54, 1.807) is 0 Å². The Morgan fingerprint density at radius 2 is 2.05 bits per heavy atom. The van der Waals surface area contributed by atoms with Crippen molar-refractivity contribution in [3.8, 4) is 0 Å². The number of hydrogen-bond acceptors (Lipinski definition) is 5. The summed E-state index contributed by atoms with van der Waals surface area (Å²) < 4.78 is 26.7. The summed E-state index contributed by atoms with van der Waals surface area (Å²) in [5.41, 5.74) is 5.04. The summed E-state index contributed by atoms with van der Waals surface area (Å²) in [6, 6.07) is 4.81. The molecular formula is C11H17N3O4S. The first-order chi connectivity index (χ1) is 8.92. The quantitative estimate of drug-likeness (QED) is 0.573. The summed E-state index contributed by atoms with van der Waals surface area (Å²) in [5.74, 6) is 0. The number of nitro groups is 1. The van der Waals surface area contributed by atoms with Crippen molar-refractivity contribution in [1.82, 2.24) is 4.72 Å². The fraction of sp³-hybridized carbons (Fsp3) is 0.455. The molecule has 0 spiro atoms. The minimum absolute atomic E-state index is 0.147. The average Bonchev–Trinajstić information content (AvgIpc) is 2.38. The van der Waals surface area contributed by atoms with E-state index in [0.29, 0.717) is 6.42 Å². The van der Waals surface area contributed by atoms with Crippen molar-refractivity contribution >= 4 is 15.7 Å². The van der Waals surface area contributed by atoms with Crippen molar-refractivity contribution in [2.75, 3.05) is 6.54 Å². The second kappa shape index (κ2) is 6.60. The lowest BCUT2D eigenvalue weighted by Crippen LogP contribution is -2.40. The van der Waals surface area contributed by atoms with Crippen LogP contribution in [0, 0.1) is 10.1 Å². The molecule has 0 fully saturated rings. The van der Waals surface area contributed by atoms with Crippen molar-refractivity contribution < 1.29 is 13.3 Å². The lowest BCUT2D eigenvalue weighted by atomic mass is 10.2. The summed E-state index contributed by atoms with van der Waals surface area (Å²) in [4.78, 5) is 9.78. The van der Waals surface area contributed by atoms with Crippen LogP contribution in [0.1, 0.15) is 19.8 Å². The van der Waals surface area contributed by atoms with E-state index < -0.39 is 26.7 Å². The molecule has 0 aliphatic heterocycles. The third-order valence-electron chi connectivity index (χ3n) is 2.59. The van der Waals surface area contributed by atoms with Gasteiger partial charge in [0.1, 0.15) is 0 Å². The number of nitrogens with two attached hydrogens (primary N) is 1. The first kappa shape index (κ1) is 15.5. The van der Waals surface area contributed by atoms with E-state index in [4.69, 9.17) is 5.73 Å². The van der Waals surface area contributed by atoms with E-state index in [9.17, 15) is 18.5 Å². The highest BCUT2D eigenvalue weighted by molar-refractivity contribution is 7.89. The van der Waals surface area contributed by atoms with Gasteiger partial charge in [-0.2, -0.15) is 0 Å². The second-order valence-electron chi connectivity index (χ2n) is 4.07. The Morgan fingerprint density at radius 1 is 1.42 bits per heavy atom. The Labute approximate surface area is 112 Å². The molecule has 0 saturated carbocycles. The molecule has 8 heteroatoms. The van der Waals surface area contributed by atoms with E-state index in [-0.39, 0.29) is 11.4 Å². The lowest BCUT2D eigenvalue weighted by molar-refractivity contribution is -0.387. The number of benzene rings is 1. The number of para-hydroxylation sites is 1.